The molecule has 0 aromatic heterocycles. The van der Waals surface area contributed by atoms with Gasteiger partial charge in [0.15, 0.2) is 0 Å². The number of nitrogens with two attached hydrogens (primary N) is 1. The highest BCUT2D eigenvalue weighted by atomic mass is 16.5. The highest BCUT2D eigenvalue weighted by Crippen LogP contribution is 2.21. The van der Waals surface area contributed by atoms with Gasteiger partial charge in [-0.1, -0.05) is 12.1 Å². The van der Waals surface area contributed by atoms with Crippen molar-refractivity contribution in [1.29, 1.82) is 0 Å². The first-order chi connectivity index (χ1) is 8.98. The van der Waals surface area contributed by atoms with E-state index in [2.05, 4.69) is 5.32 Å². The van der Waals surface area contributed by atoms with E-state index in [-0.39, 0.29) is 6.61 Å². The molecule has 104 valence electrons. The molecule has 1 saturated carbocycles. The molecule has 1 aliphatic carbocycles. The van der Waals surface area contributed by atoms with Crippen molar-refractivity contribution >= 4 is 5.91 Å². The molecule has 0 heterocycles. The van der Waals surface area contributed by atoms with Gasteiger partial charge >= 0.3 is 0 Å². The third-order valence-corrected chi connectivity index (χ3v) is 3.04. The maximum atomic E-state index is 11.2. The maximum absolute atomic E-state index is 11.2. The highest BCUT2D eigenvalue weighted by molar-refractivity contribution is 5.95. The van der Waals surface area contributed by atoms with Gasteiger partial charge in [0.05, 0.1) is 5.56 Å². The molecule has 0 aliphatic heterocycles. The molecule has 19 heavy (non-hydrogen) atoms. The zero-order valence-corrected chi connectivity index (χ0v) is 11.1. The SMILES string of the molecule is CC(O)(CNC1CC1)COc1ccccc1C(N)=O. The van der Waals surface area contributed by atoms with Crippen molar-refractivity contribution in [2.45, 2.75) is 31.4 Å². The van der Waals surface area contributed by atoms with Crippen LogP contribution in [0.5, 0.6) is 5.75 Å². The van der Waals surface area contributed by atoms with E-state index in [9.17, 15) is 9.90 Å². The van der Waals surface area contributed by atoms with Crippen molar-refractivity contribution in [2.75, 3.05) is 13.2 Å². The Labute approximate surface area is 112 Å². The number of rotatable bonds is 7. The van der Waals surface area contributed by atoms with Crippen molar-refractivity contribution in [3.05, 3.63) is 29.8 Å². The van der Waals surface area contributed by atoms with Crippen LogP contribution in [0.2, 0.25) is 0 Å². The van der Waals surface area contributed by atoms with Gasteiger partial charge in [-0.25, -0.2) is 0 Å². The zero-order chi connectivity index (χ0) is 13.9. The molecule has 0 radical (unpaired) electrons. The lowest BCUT2D eigenvalue weighted by Crippen LogP contribution is -2.43. The maximum Gasteiger partial charge on any atom is 0.252 e. The molecule has 1 aromatic carbocycles. The summed E-state index contributed by atoms with van der Waals surface area (Å²) in [5, 5.41) is 13.4. The fourth-order valence-corrected chi connectivity index (χ4v) is 1.73. The van der Waals surface area contributed by atoms with Crippen LogP contribution in [0.4, 0.5) is 0 Å². The van der Waals surface area contributed by atoms with Crippen LogP contribution in [0.15, 0.2) is 24.3 Å². The first-order valence-corrected chi connectivity index (χ1v) is 6.45. The van der Waals surface area contributed by atoms with Gasteiger partial charge in [0, 0.05) is 12.6 Å². The highest BCUT2D eigenvalue weighted by Gasteiger charge is 2.27. The molecule has 5 heteroatoms. The molecule has 0 saturated heterocycles. The van der Waals surface area contributed by atoms with Gasteiger partial charge in [-0.3, -0.25) is 4.79 Å². The zero-order valence-electron chi connectivity index (χ0n) is 11.1. The second kappa shape index (κ2) is 5.59. The number of aliphatic hydroxyl groups is 1. The predicted octanol–water partition coefficient (Wildman–Crippen LogP) is 0.667. The van der Waals surface area contributed by atoms with Crippen LogP contribution < -0.4 is 15.8 Å². The Hall–Kier alpha value is -1.59. The smallest absolute Gasteiger partial charge is 0.252 e. The number of ether oxygens (including phenoxy) is 1. The van der Waals surface area contributed by atoms with E-state index in [0.29, 0.717) is 23.9 Å². The van der Waals surface area contributed by atoms with Crippen molar-refractivity contribution in [3.63, 3.8) is 0 Å². The van der Waals surface area contributed by atoms with E-state index in [4.69, 9.17) is 10.5 Å². The van der Waals surface area contributed by atoms with Gasteiger partial charge in [-0.2, -0.15) is 0 Å². The van der Waals surface area contributed by atoms with Gasteiger partial charge in [0.25, 0.3) is 5.91 Å². The Morgan fingerprint density at radius 3 is 2.84 bits per heavy atom. The van der Waals surface area contributed by atoms with Crippen LogP contribution in [0.1, 0.15) is 30.1 Å². The summed E-state index contributed by atoms with van der Waals surface area (Å²) in [5.41, 5.74) is 4.62. The van der Waals surface area contributed by atoms with Crippen LogP contribution in [-0.4, -0.2) is 35.8 Å². The Bertz CT molecular complexity index is 456. The van der Waals surface area contributed by atoms with Gasteiger partial charge in [0.1, 0.15) is 18.0 Å². The largest absolute Gasteiger partial charge is 0.490 e. The molecule has 1 unspecified atom stereocenters. The standard InChI is InChI=1S/C14H20N2O3/c1-14(18,8-16-10-6-7-10)9-19-12-5-3-2-4-11(12)13(15)17/h2-5,10,16,18H,6-9H2,1H3,(H2,15,17). The molecular formula is C14H20N2O3. The van der Waals surface area contributed by atoms with Crippen molar-refractivity contribution in [1.82, 2.24) is 5.32 Å². The Morgan fingerprint density at radius 1 is 1.53 bits per heavy atom. The molecule has 1 aromatic rings. The first-order valence-electron chi connectivity index (χ1n) is 6.45. The third kappa shape index (κ3) is 4.22. The van der Waals surface area contributed by atoms with Crippen LogP contribution >= 0.6 is 0 Å². The van der Waals surface area contributed by atoms with E-state index in [0.717, 1.165) is 0 Å². The number of carbonyl (C=O) groups is 1. The minimum Gasteiger partial charge on any atom is -0.490 e. The quantitative estimate of drug-likeness (QED) is 0.675. The normalized spacial score (nSPS) is 17.8. The lowest BCUT2D eigenvalue weighted by molar-refractivity contribution is 0.0117. The summed E-state index contributed by atoms with van der Waals surface area (Å²) in [7, 11) is 0. The third-order valence-electron chi connectivity index (χ3n) is 3.04. The fourth-order valence-electron chi connectivity index (χ4n) is 1.73. The fraction of sp³-hybridized carbons (Fsp3) is 0.500. The number of benzene rings is 1. The van der Waals surface area contributed by atoms with Crippen LogP contribution in [0.3, 0.4) is 0 Å². The van der Waals surface area contributed by atoms with Crippen LogP contribution in [0.25, 0.3) is 0 Å². The van der Waals surface area contributed by atoms with Gasteiger partial charge in [-0.05, 0) is 31.9 Å². The van der Waals surface area contributed by atoms with E-state index in [1.54, 1.807) is 31.2 Å². The average Bonchev–Trinajstić information content (AvgIpc) is 3.18. The van der Waals surface area contributed by atoms with Crippen LogP contribution in [0, 0.1) is 0 Å². The van der Waals surface area contributed by atoms with E-state index in [1.807, 2.05) is 0 Å². The Balaban J connectivity index is 1.91. The van der Waals surface area contributed by atoms with Crippen molar-refractivity contribution < 1.29 is 14.6 Å². The summed E-state index contributed by atoms with van der Waals surface area (Å²) < 4.78 is 5.53. The summed E-state index contributed by atoms with van der Waals surface area (Å²) in [5.74, 6) is -0.131. The van der Waals surface area contributed by atoms with Gasteiger partial charge < -0.3 is 20.9 Å². The summed E-state index contributed by atoms with van der Waals surface area (Å²) in [6, 6.07) is 7.29. The number of amides is 1. The van der Waals surface area contributed by atoms with E-state index in [1.165, 1.54) is 12.8 Å². The number of primary amides is 1. The molecule has 1 atom stereocenters. The van der Waals surface area contributed by atoms with Crippen molar-refractivity contribution in [3.8, 4) is 5.75 Å². The molecule has 0 spiro atoms. The number of hydrogen-bond acceptors (Lipinski definition) is 4. The van der Waals surface area contributed by atoms with E-state index < -0.39 is 11.5 Å². The van der Waals surface area contributed by atoms with Gasteiger partial charge in [-0.15, -0.1) is 0 Å². The second-order valence-electron chi connectivity index (χ2n) is 5.30. The molecular weight excluding hydrogens is 244 g/mol. The predicted molar refractivity (Wildman–Crippen MR) is 72.1 cm³/mol. The summed E-state index contributed by atoms with van der Waals surface area (Å²) in [6.45, 7) is 2.28. The molecule has 4 N–H and O–H groups in total. The molecule has 5 nitrogen and oxygen atoms in total. The van der Waals surface area contributed by atoms with Crippen LogP contribution in [-0.2, 0) is 0 Å². The summed E-state index contributed by atoms with van der Waals surface area (Å²) >= 11 is 0. The monoisotopic (exact) mass is 264 g/mol. The molecule has 2 rings (SSSR count). The lowest BCUT2D eigenvalue weighted by Gasteiger charge is -2.24. The average molecular weight is 264 g/mol. The van der Waals surface area contributed by atoms with E-state index >= 15 is 0 Å². The number of para-hydroxylation sites is 1. The number of nitrogens with one attached hydrogen (secondary N) is 1. The topological polar surface area (TPSA) is 84.6 Å². The minimum absolute atomic E-state index is 0.108. The van der Waals surface area contributed by atoms with Crippen molar-refractivity contribution in [2.24, 2.45) is 5.73 Å². The minimum atomic E-state index is -0.979. The molecule has 0 bridgehead atoms. The first kappa shape index (κ1) is 13.8. The lowest BCUT2D eigenvalue weighted by atomic mass is 10.1. The molecule has 1 fully saturated rings. The Morgan fingerprint density at radius 2 is 2.21 bits per heavy atom. The molecule has 1 aliphatic rings. The Kier molecular flexibility index (Phi) is 4.07. The summed E-state index contributed by atoms with van der Waals surface area (Å²) in [4.78, 5) is 11.2. The number of carbonyl (C=O) groups excluding carboxylic acids is 1. The van der Waals surface area contributed by atoms with Gasteiger partial charge in [0.2, 0.25) is 0 Å². The molecule has 1 amide bonds. The number of hydrogen-bond donors (Lipinski definition) is 3. The summed E-state index contributed by atoms with van der Waals surface area (Å²) in [6.07, 6.45) is 2.34. The second-order valence-corrected chi connectivity index (χ2v) is 5.30.